The van der Waals surface area contributed by atoms with Gasteiger partial charge in [0.05, 0.1) is 7.11 Å². The zero-order valence-corrected chi connectivity index (χ0v) is 5.07. The number of hydrogen-bond acceptors (Lipinski definition) is 3. The van der Waals surface area contributed by atoms with E-state index in [0.717, 1.165) is 0 Å². The molecule has 0 aliphatic carbocycles. The predicted octanol–water partition coefficient (Wildman–Crippen LogP) is 1.02. The van der Waals surface area contributed by atoms with Crippen LogP contribution in [0.5, 0.6) is 5.88 Å². The SMILES string of the molecule is COOc1ccccn1. The summed E-state index contributed by atoms with van der Waals surface area (Å²) in [5.74, 6) is 0.472. The summed E-state index contributed by atoms with van der Waals surface area (Å²) in [6.45, 7) is 0. The molecule has 1 heterocycles. The fourth-order valence-electron chi connectivity index (χ4n) is 0.482. The minimum atomic E-state index is 0.472. The van der Waals surface area contributed by atoms with Crippen LogP contribution < -0.4 is 4.89 Å². The summed E-state index contributed by atoms with van der Waals surface area (Å²) in [4.78, 5) is 12.8. The molecule has 1 aromatic heterocycles. The molecule has 48 valence electrons. The largest absolute Gasteiger partial charge is 0.317 e. The molecule has 0 aliphatic heterocycles. The second kappa shape index (κ2) is 3.04. The number of nitrogens with zero attached hydrogens (tertiary/aromatic N) is 1. The molecule has 1 rings (SSSR count). The lowest BCUT2D eigenvalue weighted by Crippen LogP contribution is -1.91. The van der Waals surface area contributed by atoms with Gasteiger partial charge in [-0.3, -0.25) is 0 Å². The number of rotatable bonds is 2. The van der Waals surface area contributed by atoms with Crippen LogP contribution in [0.4, 0.5) is 0 Å². The standard InChI is InChI=1S/C6H7NO2/c1-8-9-6-4-2-3-5-7-6/h2-5H,1H3. The van der Waals surface area contributed by atoms with Crippen molar-refractivity contribution < 1.29 is 9.78 Å². The fraction of sp³-hybridized carbons (Fsp3) is 0.167. The molecule has 0 unspecified atom stereocenters. The van der Waals surface area contributed by atoms with E-state index < -0.39 is 0 Å². The van der Waals surface area contributed by atoms with Crippen LogP contribution >= 0.6 is 0 Å². The summed E-state index contributed by atoms with van der Waals surface area (Å²) >= 11 is 0. The second-order valence-electron chi connectivity index (χ2n) is 1.42. The Balaban J connectivity index is 2.61. The van der Waals surface area contributed by atoms with Crippen molar-refractivity contribution in [2.75, 3.05) is 7.11 Å². The maximum atomic E-state index is 4.59. The average molecular weight is 125 g/mol. The number of hydrogen-bond donors (Lipinski definition) is 0. The molecule has 0 spiro atoms. The Morgan fingerprint density at radius 1 is 1.44 bits per heavy atom. The Morgan fingerprint density at radius 3 is 2.89 bits per heavy atom. The lowest BCUT2D eigenvalue weighted by Gasteiger charge is -1.95. The lowest BCUT2D eigenvalue weighted by molar-refractivity contribution is -0.181. The maximum Gasteiger partial charge on any atom is 0.256 e. The molecule has 0 saturated carbocycles. The third-order valence-corrected chi connectivity index (χ3v) is 0.806. The van der Waals surface area contributed by atoms with Gasteiger partial charge in [0.25, 0.3) is 5.88 Å². The van der Waals surface area contributed by atoms with Gasteiger partial charge in [0, 0.05) is 12.3 Å². The minimum absolute atomic E-state index is 0.472. The Bertz CT molecular complexity index is 164. The molecule has 0 radical (unpaired) electrons. The predicted molar refractivity (Wildman–Crippen MR) is 31.9 cm³/mol. The lowest BCUT2D eigenvalue weighted by atomic mass is 10.5. The maximum absolute atomic E-state index is 4.59. The van der Waals surface area contributed by atoms with Crippen molar-refractivity contribution in [2.45, 2.75) is 0 Å². The van der Waals surface area contributed by atoms with Crippen molar-refractivity contribution in [1.82, 2.24) is 4.98 Å². The zero-order chi connectivity index (χ0) is 6.53. The van der Waals surface area contributed by atoms with Crippen LogP contribution in [0.3, 0.4) is 0 Å². The van der Waals surface area contributed by atoms with Crippen LogP contribution in [0.1, 0.15) is 0 Å². The van der Waals surface area contributed by atoms with E-state index in [9.17, 15) is 0 Å². The van der Waals surface area contributed by atoms with Gasteiger partial charge in [0.15, 0.2) is 0 Å². The quantitative estimate of drug-likeness (QED) is 0.437. The van der Waals surface area contributed by atoms with Gasteiger partial charge in [-0.15, -0.1) is 0 Å². The van der Waals surface area contributed by atoms with Crippen molar-refractivity contribution in [3.63, 3.8) is 0 Å². The van der Waals surface area contributed by atoms with E-state index in [4.69, 9.17) is 0 Å². The van der Waals surface area contributed by atoms with Crippen LogP contribution in [-0.4, -0.2) is 12.1 Å². The highest BCUT2D eigenvalue weighted by Gasteiger charge is 1.87. The smallest absolute Gasteiger partial charge is 0.256 e. The van der Waals surface area contributed by atoms with Gasteiger partial charge in [-0.05, 0) is 6.07 Å². The molecule has 0 saturated heterocycles. The normalized spacial score (nSPS) is 9.00. The molecule has 0 aromatic carbocycles. The first-order valence-electron chi connectivity index (χ1n) is 2.55. The van der Waals surface area contributed by atoms with Crippen molar-refractivity contribution in [3.8, 4) is 5.88 Å². The molecule has 0 N–H and O–H groups in total. The molecule has 0 atom stereocenters. The van der Waals surface area contributed by atoms with Crippen LogP contribution in [0.25, 0.3) is 0 Å². The molecule has 0 bridgehead atoms. The van der Waals surface area contributed by atoms with Gasteiger partial charge < -0.3 is 4.89 Å². The molecule has 9 heavy (non-hydrogen) atoms. The van der Waals surface area contributed by atoms with Gasteiger partial charge in [-0.2, -0.15) is 4.89 Å². The zero-order valence-electron chi connectivity index (χ0n) is 5.07. The van der Waals surface area contributed by atoms with Crippen LogP contribution in [0, 0.1) is 0 Å². The van der Waals surface area contributed by atoms with E-state index in [1.165, 1.54) is 7.11 Å². The highest BCUT2D eigenvalue weighted by atomic mass is 17.2. The Kier molecular flexibility index (Phi) is 2.04. The molecule has 0 aliphatic rings. The number of aromatic nitrogens is 1. The second-order valence-corrected chi connectivity index (χ2v) is 1.42. The summed E-state index contributed by atoms with van der Waals surface area (Å²) in [7, 11) is 1.44. The first kappa shape index (κ1) is 6.04. The van der Waals surface area contributed by atoms with E-state index in [1.807, 2.05) is 12.1 Å². The Labute approximate surface area is 53.2 Å². The highest BCUT2D eigenvalue weighted by Crippen LogP contribution is 2.01. The summed E-state index contributed by atoms with van der Waals surface area (Å²) in [6, 6.07) is 5.34. The van der Waals surface area contributed by atoms with Gasteiger partial charge in [0.2, 0.25) is 0 Å². The van der Waals surface area contributed by atoms with E-state index in [0.29, 0.717) is 5.88 Å². The summed E-state index contributed by atoms with van der Waals surface area (Å²) < 4.78 is 0. The van der Waals surface area contributed by atoms with Gasteiger partial charge >= 0.3 is 0 Å². The molecule has 3 nitrogen and oxygen atoms in total. The molecular weight excluding hydrogens is 118 g/mol. The first-order valence-corrected chi connectivity index (χ1v) is 2.55. The van der Waals surface area contributed by atoms with E-state index in [-0.39, 0.29) is 0 Å². The molecule has 0 amide bonds. The van der Waals surface area contributed by atoms with Crippen LogP contribution in [0.2, 0.25) is 0 Å². The van der Waals surface area contributed by atoms with Crippen molar-refractivity contribution in [3.05, 3.63) is 24.4 Å². The summed E-state index contributed by atoms with van der Waals surface area (Å²) in [5.41, 5.74) is 0. The van der Waals surface area contributed by atoms with E-state index in [1.54, 1.807) is 12.3 Å². The van der Waals surface area contributed by atoms with Crippen LogP contribution in [-0.2, 0) is 4.89 Å². The molecule has 1 aromatic rings. The third kappa shape index (κ3) is 1.70. The highest BCUT2D eigenvalue weighted by molar-refractivity contribution is 5.07. The van der Waals surface area contributed by atoms with E-state index >= 15 is 0 Å². The van der Waals surface area contributed by atoms with Crippen molar-refractivity contribution in [2.24, 2.45) is 0 Å². The Hall–Kier alpha value is -1.09. The first-order chi connectivity index (χ1) is 4.43. The minimum Gasteiger partial charge on any atom is -0.317 e. The van der Waals surface area contributed by atoms with Gasteiger partial charge in [-0.25, -0.2) is 4.98 Å². The average Bonchev–Trinajstić information content (AvgIpc) is 1.91. The summed E-state index contributed by atoms with van der Waals surface area (Å²) in [5, 5.41) is 0. The van der Waals surface area contributed by atoms with Crippen molar-refractivity contribution >= 4 is 0 Å². The van der Waals surface area contributed by atoms with E-state index in [2.05, 4.69) is 14.8 Å². The Morgan fingerprint density at radius 2 is 2.33 bits per heavy atom. The molecule has 0 fully saturated rings. The van der Waals surface area contributed by atoms with Gasteiger partial charge in [-0.1, -0.05) is 6.07 Å². The van der Waals surface area contributed by atoms with Gasteiger partial charge in [0.1, 0.15) is 0 Å². The van der Waals surface area contributed by atoms with Crippen molar-refractivity contribution in [1.29, 1.82) is 0 Å². The van der Waals surface area contributed by atoms with Crippen LogP contribution in [0.15, 0.2) is 24.4 Å². The number of pyridine rings is 1. The molecule has 3 heteroatoms. The molecular formula is C6H7NO2. The topological polar surface area (TPSA) is 31.4 Å². The monoisotopic (exact) mass is 125 g/mol. The summed E-state index contributed by atoms with van der Waals surface area (Å²) in [6.07, 6.45) is 1.63. The fourth-order valence-corrected chi connectivity index (χ4v) is 0.482. The third-order valence-electron chi connectivity index (χ3n) is 0.806.